The number of nitrogens with zero attached hydrogens (tertiary/aromatic N) is 1. The Morgan fingerprint density at radius 1 is 1.50 bits per heavy atom. The topological polar surface area (TPSA) is 42.0 Å². The average Bonchev–Trinajstić information content (AvgIpc) is 2.02. The summed E-state index contributed by atoms with van der Waals surface area (Å²) in [5, 5.41) is 3.28. The number of aromatic nitrogens is 1. The fraction of sp³-hybridized carbons (Fsp3) is 0.400. The number of pyridine rings is 1. The summed E-state index contributed by atoms with van der Waals surface area (Å²) in [6.45, 7) is 5.32. The van der Waals surface area contributed by atoms with Crippen LogP contribution in [-0.2, 0) is 10.3 Å². The zero-order chi connectivity index (χ0) is 10.8. The third-order valence-electron chi connectivity index (χ3n) is 1.94. The van der Waals surface area contributed by atoms with Crippen LogP contribution in [0.4, 0.5) is 0 Å². The molecule has 0 aromatic carbocycles. The van der Waals surface area contributed by atoms with Gasteiger partial charge in [0.1, 0.15) is 5.15 Å². The van der Waals surface area contributed by atoms with E-state index in [9.17, 15) is 4.79 Å². The molecular weight excluding hydrogens is 200 g/mol. The molecular formula is C10H13ClN2O. The van der Waals surface area contributed by atoms with E-state index in [1.54, 1.807) is 12.3 Å². The molecule has 0 bridgehead atoms. The first kappa shape index (κ1) is 11.0. The minimum atomic E-state index is -0.413. The Labute approximate surface area is 88.5 Å². The maximum absolute atomic E-state index is 10.9. The standard InChI is InChI=1S/C10H13ClN2O/c1-7(14)13-10(2,3)8-4-5-9(11)12-6-8/h4-6H,1-3H3,(H,13,14). The van der Waals surface area contributed by atoms with Crippen LogP contribution in [0.15, 0.2) is 18.3 Å². The minimum Gasteiger partial charge on any atom is -0.347 e. The Kier molecular flexibility index (Phi) is 3.11. The Morgan fingerprint density at radius 3 is 2.57 bits per heavy atom. The van der Waals surface area contributed by atoms with Crippen LogP contribution in [0, 0.1) is 0 Å². The van der Waals surface area contributed by atoms with Gasteiger partial charge < -0.3 is 5.32 Å². The van der Waals surface area contributed by atoms with Gasteiger partial charge in [0.2, 0.25) is 5.91 Å². The molecule has 0 saturated carbocycles. The predicted molar refractivity (Wildman–Crippen MR) is 56.1 cm³/mol. The fourth-order valence-corrected chi connectivity index (χ4v) is 1.37. The Morgan fingerprint density at radius 2 is 2.14 bits per heavy atom. The van der Waals surface area contributed by atoms with E-state index in [2.05, 4.69) is 10.3 Å². The number of amides is 1. The molecule has 0 spiro atoms. The van der Waals surface area contributed by atoms with Gasteiger partial charge in [-0.3, -0.25) is 4.79 Å². The molecule has 3 nitrogen and oxygen atoms in total. The van der Waals surface area contributed by atoms with Crippen molar-refractivity contribution in [2.75, 3.05) is 0 Å². The highest BCUT2D eigenvalue weighted by molar-refractivity contribution is 6.29. The van der Waals surface area contributed by atoms with Crippen molar-refractivity contribution in [2.24, 2.45) is 0 Å². The summed E-state index contributed by atoms with van der Waals surface area (Å²) >= 11 is 5.67. The number of hydrogen-bond acceptors (Lipinski definition) is 2. The van der Waals surface area contributed by atoms with Crippen molar-refractivity contribution in [2.45, 2.75) is 26.3 Å². The predicted octanol–water partition coefficient (Wildman–Crippen LogP) is 2.11. The maximum atomic E-state index is 10.9. The monoisotopic (exact) mass is 212 g/mol. The van der Waals surface area contributed by atoms with Crippen molar-refractivity contribution >= 4 is 17.5 Å². The minimum absolute atomic E-state index is 0.0649. The summed E-state index contributed by atoms with van der Waals surface area (Å²) < 4.78 is 0. The van der Waals surface area contributed by atoms with Gasteiger partial charge in [0, 0.05) is 13.1 Å². The first-order valence-corrected chi connectivity index (χ1v) is 4.70. The highest BCUT2D eigenvalue weighted by Crippen LogP contribution is 2.19. The molecule has 4 heteroatoms. The van der Waals surface area contributed by atoms with Crippen LogP contribution < -0.4 is 5.32 Å². The van der Waals surface area contributed by atoms with Crippen LogP contribution in [0.5, 0.6) is 0 Å². The van der Waals surface area contributed by atoms with Crippen LogP contribution >= 0.6 is 11.6 Å². The molecule has 0 fully saturated rings. The molecule has 1 N–H and O–H groups in total. The lowest BCUT2D eigenvalue weighted by Gasteiger charge is -2.25. The van der Waals surface area contributed by atoms with Crippen LogP contribution in [0.3, 0.4) is 0 Å². The molecule has 1 aromatic heterocycles. The molecule has 0 saturated heterocycles. The van der Waals surface area contributed by atoms with Crippen LogP contribution in [0.2, 0.25) is 5.15 Å². The van der Waals surface area contributed by atoms with Crippen molar-refractivity contribution in [1.82, 2.24) is 10.3 Å². The summed E-state index contributed by atoms with van der Waals surface area (Å²) in [6, 6.07) is 3.56. The van der Waals surface area contributed by atoms with Gasteiger partial charge >= 0.3 is 0 Å². The van der Waals surface area contributed by atoms with Gasteiger partial charge in [-0.1, -0.05) is 17.7 Å². The molecule has 14 heavy (non-hydrogen) atoms. The van der Waals surface area contributed by atoms with Crippen LogP contribution in [0.1, 0.15) is 26.3 Å². The lowest BCUT2D eigenvalue weighted by atomic mass is 9.96. The average molecular weight is 213 g/mol. The third kappa shape index (κ3) is 2.70. The number of rotatable bonds is 2. The van der Waals surface area contributed by atoms with Gasteiger partial charge in [-0.05, 0) is 25.5 Å². The highest BCUT2D eigenvalue weighted by atomic mass is 35.5. The molecule has 1 aromatic rings. The van der Waals surface area contributed by atoms with Gasteiger partial charge in [-0.2, -0.15) is 0 Å². The van der Waals surface area contributed by atoms with Crippen molar-refractivity contribution < 1.29 is 4.79 Å². The van der Waals surface area contributed by atoms with Crippen molar-refractivity contribution in [3.05, 3.63) is 29.0 Å². The number of carbonyl (C=O) groups is 1. The van der Waals surface area contributed by atoms with E-state index in [4.69, 9.17) is 11.6 Å². The van der Waals surface area contributed by atoms with Crippen molar-refractivity contribution in [3.63, 3.8) is 0 Å². The molecule has 0 aliphatic rings. The summed E-state index contributed by atoms with van der Waals surface area (Å²) in [5.74, 6) is -0.0649. The highest BCUT2D eigenvalue weighted by Gasteiger charge is 2.21. The molecule has 1 heterocycles. The smallest absolute Gasteiger partial charge is 0.217 e. The van der Waals surface area contributed by atoms with Crippen LogP contribution in [0.25, 0.3) is 0 Å². The SMILES string of the molecule is CC(=O)NC(C)(C)c1ccc(Cl)nc1. The summed E-state index contributed by atoms with van der Waals surface area (Å²) in [6.07, 6.45) is 1.66. The Bertz CT molecular complexity index is 332. The molecule has 0 unspecified atom stereocenters. The molecule has 76 valence electrons. The summed E-state index contributed by atoms with van der Waals surface area (Å²) in [7, 11) is 0. The molecule has 0 atom stereocenters. The van der Waals surface area contributed by atoms with Crippen molar-refractivity contribution in [3.8, 4) is 0 Å². The third-order valence-corrected chi connectivity index (χ3v) is 2.16. The van der Waals surface area contributed by atoms with Gasteiger partial charge in [-0.25, -0.2) is 4.98 Å². The number of carbonyl (C=O) groups excluding carboxylic acids is 1. The van der Waals surface area contributed by atoms with E-state index in [0.29, 0.717) is 5.15 Å². The fourth-order valence-electron chi connectivity index (χ4n) is 1.26. The second-order valence-corrected chi connectivity index (χ2v) is 4.06. The molecule has 1 amide bonds. The zero-order valence-electron chi connectivity index (χ0n) is 8.47. The van der Waals surface area contributed by atoms with Gasteiger partial charge in [-0.15, -0.1) is 0 Å². The quantitative estimate of drug-likeness (QED) is 0.763. The normalized spacial score (nSPS) is 11.1. The van der Waals surface area contributed by atoms with E-state index in [1.165, 1.54) is 6.92 Å². The second-order valence-electron chi connectivity index (χ2n) is 3.68. The van der Waals surface area contributed by atoms with Gasteiger partial charge in [0.15, 0.2) is 0 Å². The molecule has 0 aliphatic heterocycles. The maximum Gasteiger partial charge on any atom is 0.217 e. The zero-order valence-corrected chi connectivity index (χ0v) is 9.22. The van der Waals surface area contributed by atoms with E-state index in [1.807, 2.05) is 19.9 Å². The summed E-state index contributed by atoms with van der Waals surface area (Å²) in [5.41, 5.74) is 0.515. The Hall–Kier alpha value is -1.09. The van der Waals surface area contributed by atoms with E-state index < -0.39 is 5.54 Å². The lowest BCUT2D eigenvalue weighted by Crippen LogP contribution is -2.39. The first-order chi connectivity index (χ1) is 6.42. The lowest BCUT2D eigenvalue weighted by molar-refractivity contribution is -0.120. The molecule has 0 radical (unpaired) electrons. The number of nitrogens with one attached hydrogen (secondary N) is 1. The molecule has 0 aliphatic carbocycles. The summed E-state index contributed by atoms with van der Waals surface area (Å²) in [4.78, 5) is 14.9. The van der Waals surface area contributed by atoms with E-state index in [-0.39, 0.29) is 5.91 Å². The number of hydrogen-bond donors (Lipinski definition) is 1. The van der Waals surface area contributed by atoms with Gasteiger partial charge in [0.05, 0.1) is 5.54 Å². The van der Waals surface area contributed by atoms with Gasteiger partial charge in [0.25, 0.3) is 0 Å². The molecule has 1 rings (SSSR count). The second kappa shape index (κ2) is 3.96. The largest absolute Gasteiger partial charge is 0.347 e. The van der Waals surface area contributed by atoms with Crippen LogP contribution in [-0.4, -0.2) is 10.9 Å². The first-order valence-electron chi connectivity index (χ1n) is 4.32. The van der Waals surface area contributed by atoms with Crippen molar-refractivity contribution in [1.29, 1.82) is 0 Å². The number of halogens is 1. The Balaban J connectivity index is 2.91. The van der Waals surface area contributed by atoms with E-state index >= 15 is 0 Å². The van der Waals surface area contributed by atoms with E-state index in [0.717, 1.165) is 5.56 Å².